The predicted octanol–water partition coefficient (Wildman–Crippen LogP) is 25.0. The van der Waals surface area contributed by atoms with Crippen LogP contribution in [0.1, 0.15) is 164 Å². The summed E-state index contributed by atoms with van der Waals surface area (Å²) in [5.41, 5.74) is 16.4. The van der Waals surface area contributed by atoms with E-state index in [9.17, 15) is 0 Å². The first-order chi connectivity index (χ1) is 41.7. The molecule has 10 rings (SSSR count). The molecule has 4 nitrogen and oxygen atoms in total. The van der Waals surface area contributed by atoms with Gasteiger partial charge in [-0.3, -0.25) is 0 Å². The molecule has 0 spiro atoms. The van der Waals surface area contributed by atoms with Gasteiger partial charge in [0.1, 0.15) is 11.5 Å². The Labute approximate surface area is 553 Å². The molecule has 1 unspecified atom stereocenters. The summed E-state index contributed by atoms with van der Waals surface area (Å²) in [6.45, 7) is 54.3. The van der Waals surface area contributed by atoms with E-state index >= 15 is 0 Å². The van der Waals surface area contributed by atoms with Gasteiger partial charge in [0.15, 0.2) is 5.69 Å². The quantitative estimate of drug-likeness (QED) is 0.0749. The first-order valence-electron chi connectivity index (χ1n) is 30.1. The van der Waals surface area contributed by atoms with Gasteiger partial charge in [-0.1, -0.05) is 163 Å². The second kappa shape index (κ2) is 47.1. The molecule has 0 saturated heterocycles. The molecule has 0 N–H and O–H groups in total. The van der Waals surface area contributed by atoms with Crippen molar-refractivity contribution in [3.05, 3.63) is 281 Å². The Hall–Kier alpha value is -6.92. The molecule has 0 radical (unpaired) electrons. The van der Waals surface area contributed by atoms with E-state index in [4.69, 9.17) is 21.5 Å². The molecule has 2 aliphatic rings. The maximum atomic E-state index is 8.68. The molecule has 88 heavy (non-hydrogen) atoms. The zero-order valence-corrected chi connectivity index (χ0v) is 61.8. The fourth-order valence-corrected chi connectivity index (χ4v) is 12.4. The van der Waals surface area contributed by atoms with Gasteiger partial charge < -0.3 is 4.42 Å². The van der Waals surface area contributed by atoms with Crippen molar-refractivity contribution in [1.29, 1.82) is 10.5 Å². The first-order valence-corrected chi connectivity index (χ1v) is 34.4. The van der Waals surface area contributed by atoms with Crippen molar-refractivity contribution in [2.24, 2.45) is 0 Å². The fraction of sp³-hybridized carbons (Fsp3) is 0.338. The summed E-state index contributed by atoms with van der Waals surface area (Å²) in [4.78, 5) is 10.6. The minimum atomic E-state index is 0.631. The van der Waals surface area contributed by atoms with Crippen molar-refractivity contribution in [3.63, 3.8) is 0 Å². The number of thioether (sulfide) groups is 1. The molecule has 0 amide bonds. The van der Waals surface area contributed by atoms with E-state index in [0.717, 1.165) is 33.5 Å². The summed E-state index contributed by atoms with van der Waals surface area (Å²) in [6.07, 6.45) is 17.9. The second-order valence-electron chi connectivity index (χ2n) is 21.7. The maximum Gasteiger partial charge on any atom is 0.190 e. The van der Waals surface area contributed by atoms with Gasteiger partial charge in [-0.15, -0.1) is 34.4 Å². The summed E-state index contributed by atoms with van der Waals surface area (Å²) < 4.78 is 8.18. The maximum absolute atomic E-state index is 8.68. The number of nitrogens with zero attached hydrogens (tertiary/aromatic N) is 3. The minimum absolute atomic E-state index is 0.631. The summed E-state index contributed by atoms with van der Waals surface area (Å²) in [7, 11) is 0. The Morgan fingerprint density at radius 2 is 1.10 bits per heavy atom. The van der Waals surface area contributed by atoms with Crippen LogP contribution in [0.25, 0.3) is 10.9 Å². The Morgan fingerprint density at radius 1 is 0.602 bits per heavy atom. The number of thiophene rings is 2. The van der Waals surface area contributed by atoms with E-state index in [-0.39, 0.29) is 0 Å². The van der Waals surface area contributed by atoms with Crippen molar-refractivity contribution in [3.8, 4) is 12.1 Å². The van der Waals surface area contributed by atoms with Crippen molar-refractivity contribution < 1.29 is 4.42 Å². The molecular formula is C80H103N3OS3Se. The average molecular weight is 1300 g/mol. The van der Waals surface area contributed by atoms with Crippen molar-refractivity contribution in [2.75, 3.05) is 0 Å². The predicted molar refractivity (Wildman–Crippen MR) is 395 cm³/mol. The van der Waals surface area contributed by atoms with E-state index in [1.807, 2.05) is 126 Å². The van der Waals surface area contributed by atoms with Gasteiger partial charge in [0.25, 0.3) is 0 Å². The Kier molecular flexibility index (Phi) is 43.4. The number of fused-ring (bicyclic) bond motifs is 1. The molecule has 0 bridgehead atoms. The van der Waals surface area contributed by atoms with Gasteiger partial charge in [-0.2, -0.15) is 10.5 Å². The van der Waals surface area contributed by atoms with Crippen LogP contribution in [0.5, 0.6) is 0 Å². The van der Waals surface area contributed by atoms with E-state index in [1.165, 1.54) is 93.8 Å². The zero-order chi connectivity index (χ0) is 66.7. The summed E-state index contributed by atoms with van der Waals surface area (Å²) >= 11 is 6.45. The van der Waals surface area contributed by atoms with Crippen LogP contribution < -0.4 is 0 Å². The first kappa shape index (κ1) is 81.1. The number of hydrogen-bond donors (Lipinski definition) is 0. The van der Waals surface area contributed by atoms with Crippen LogP contribution in [0.4, 0.5) is 5.69 Å². The van der Waals surface area contributed by atoms with Crippen molar-refractivity contribution in [2.45, 2.75) is 189 Å². The standard InChI is InChI=1S/C10H8N2.C10H12S.C10H12.C8H12S.C8H10.C7H10.C6H8O.C6H8S.C6H8Se.C5H7N.C4H8/c1-7-5-10(12-3)8(2)4-9(7)6-11;1-7-3-4-9-6-8(2)11-10(9)5-7;1-3-4-10-7-5-9(2)6-8-10;1-4-8-5-6(2)9-7(8)3;1-7-3-5-8(2)6-4-7;1-6-3-4-7(2)5-6;3*1-5-3-4-6(2)7-5;1-3-5(2)4-6;1-3-4-2/h4-5H,1-2H3;3-5,8H,6H2,1-2H3;3-8H,1-2H3;5H,4H2,1-3H3;3-6H,1-2H3;3-4H,5H2,1-2H3;3*3-4H,1-2H3;3H,1-2H3;3-4H,1-2H3/b;;4-3+;;;;;;;5-3-;4-3+. The molecule has 4 aromatic heterocycles. The molecule has 0 saturated carbocycles. The third-order valence-corrected chi connectivity index (χ3v) is 17.8. The number of hydrogen-bond acceptors (Lipinski definition) is 6. The molecular weight excluding hydrogens is 1190 g/mol. The molecule has 1 aliphatic heterocycles. The van der Waals surface area contributed by atoms with Crippen LogP contribution in [-0.2, 0) is 12.8 Å². The Bertz CT molecular complexity index is 3310. The van der Waals surface area contributed by atoms with Gasteiger partial charge in [-0.25, -0.2) is 4.85 Å². The molecule has 0 fully saturated rings. The van der Waals surface area contributed by atoms with Crippen LogP contribution in [0, 0.1) is 126 Å². The molecule has 5 heterocycles. The van der Waals surface area contributed by atoms with Crippen LogP contribution in [0.3, 0.4) is 0 Å². The summed E-state index contributed by atoms with van der Waals surface area (Å²) in [6, 6.07) is 46.2. The smallest absolute Gasteiger partial charge is 0.190 e. The van der Waals surface area contributed by atoms with Crippen LogP contribution in [0.2, 0.25) is 0 Å². The number of benzene rings is 4. The molecule has 1 atom stereocenters. The third-order valence-electron chi connectivity index (χ3n) is 12.8. The number of rotatable bonds is 2. The monoisotopic (exact) mass is 1300 g/mol. The number of allylic oxidation sites excluding steroid dienone is 9. The second-order valence-corrected chi connectivity index (χ2v) is 29.3. The Morgan fingerprint density at radius 3 is 1.41 bits per heavy atom. The molecule has 4 aromatic carbocycles. The van der Waals surface area contributed by atoms with Gasteiger partial charge in [0, 0.05) is 35.2 Å². The average Bonchev–Trinajstić information content (AvgIpc) is 2.55. The van der Waals surface area contributed by atoms with Crippen LogP contribution in [0.15, 0.2) is 184 Å². The van der Waals surface area contributed by atoms with Gasteiger partial charge in [0.05, 0.1) is 24.3 Å². The number of furan rings is 1. The topological polar surface area (TPSA) is 65.1 Å². The molecule has 1 aliphatic carbocycles. The van der Waals surface area contributed by atoms with Crippen molar-refractivity contribution in [1.82, 2.24) is 0 Å². The van der Waals surface area contributed by atoms with E-state index in [1.54, 1.807) is 34.0 Å². The zero-order valence-electron chi connectivity index (χ0n) is 57.7. The largest absolute Gasteiger partial charge is 0.467 e. The third kappa shape index (κ3) is 38.4. The van der Waals surface area contributed by atoms with E-state index in [0.29, 0.717) is 25.8 Å². The van der Waals surface area contributed by atoms with E-state index < -0.39 is 0 Å². The van der Waals surface area contributed by atoms with Gasteiger partial charge in [0.2, 0.25) is 0 Å². The normalized spacial score (nSPS) is 11.9. The summed E-state index contributed by atoms with van der Waals surface area (Å²) in [5.74, 6) is 1.97. The van der Waals surface area contributed by atoms with Gasteiger partial charge in [-0.05, 0) is 215 Å². The molecule has 8 heteroatoms. The molecule has 8 aromatic rings. The molecule has 468 valence electrons. The number of nitriles is 2. The van der Waals surface area contributed by atoms with Gasteiger partial charge >= 0.3 is 49.4 Å². The van der Waals surface area contributed by atoms with Crippen LogP contribution in [-0.4, -0.2) is 19.8 Å². The Balaban J connectivity index is 0.000000955. The van der Waals surface area contributed by atoms with E-state index in [2.05, 4.69) is 223 Å². The minimum Gasteiger partial charge on any atom is -0.467 e. The SMILES string of the molecule is C/C=C(/C)C#N.C/C=C/C.C/C=C/c1ccc(C)cc1.CC1=CC=C(C)C1.CCc1cc(C)sc1C.Cc1ccc(C)[se]1.Cc1ccc(C)cc1.Cc1ccc(C)o1.Cc1ccc(C)s1.Cc1ccc2c(c1)SC(C)C2.[C-]#[N+]c1cc(C)c(C#N)cc1C. The number of aryl methyl sites for hydroxylation is 15. The summed E-state index contributed by atoms with van der Waals surface area (Å²) in [5, 5.41) is 17.5. The van der Waals surface area contributed by atoms with Crippen molar-refractivity contribution >= 4 is 60.7 Å². The fourth-order valence-electron chi connectivity index (χ4n) is 7.67. The van der Waals surface area contributed by atoms with Crippen LogP contribution >= 0.6 is 34.4 Å².